The topological polar surface area (TPSA) is 120 Å². The van der Waals surface area contributed by atoms with Crippen molar-refractivity contribution in [2.75, 3.05) is 33.4 Å². The summed E-state index contributed by atoms with van der Waals surface area (Å²) >= 11 is 0. The third kappa shape index (κ3) is 31.1. The first-order valence-electron chi connectivity index (χ1n) is 20.6. The van der Waals surface area contributed by atoms with Crippen LogP contribution in [0.2, 0.25) is 0 Å². The zero-order valence-electron chi connectivity index (χ0n) is 35.0. The highest BCUT2D eigenvalue weighted by atomic mass is 16.6. The van der Waals surface area contributed by atoms with Gasteiger partial charge in [0.2, 0.25) is 0 Å². The SMILES string of the molecule is C=C(C)C(=O)OCCCCCCCCCCC(C)(CCCCCCCCCCOC(=O)C(=C)C)OC(=O)NCCCCCCN(C)C(=O)OC(C)(C)C. The van der Waals surface area contributed by atoms with Crippen molar-refractivity contribution in [1.29, 1.82) is 0 Å². The number of ether oxygens (including phenoxy) is 4. The molecule has 0 radical (unpaired) electrons. The van der Waals surface area contributed by atoms with Crippen LogP contribution in [0.4, 0.5) is 9.59 Å². The molecule has 308 valence electrons. The highest BCUT2D eigenvalue weighted by molar-refractivity contribution is 5.87. The molecule has 0 unspecified atom stereocenters. The van der Waals surface area contributed by atoms with Gasteiger partial charge in [-0.25, -0.2) is 19.2 Å². The summed E-state index contributed by atoms with van der Waals surface area (Å²) in [6, 6.07) is 0. The van der Waals surface area contributed by atoms with E-state index >= 15 is 0 Å². The first-order chi connectivity index (χ1) is 25.1. The Labute approximate surface area is 323 Å². The van der Waals surface area contributed by atoms with Gasteiger partial charge in [-0.15, -0.1) is 0 Å². The third-order valence-corrected chi connectivity index (χ3v) is 9.10. The largest absolute Gasteiger partial charge is 0.462 e. The van der Waals surface area contributed by atoms with Gasteiger partial charge in [0.25, 0.3) is 0 Å². The van der Waals surface area contributed by atoms with E-state index in [1.165, 1.54) is 25.7 Å². The molecule has 0 aromatic carbocycles. The van der Waals surface area contributed by atoms with Gasteiger partial charge < -0.3 is 29.2 Å². The summed E-state index contributed by atoms with van der Waals surface area (Å²) in [5.41, 5.74) is -0.102. The molecule has 0 heterocycles. The molecule has 0 saturated heterocycles. The Hall–Kier alpha value is -3.04. The number of amides is 2. The summed E-state index contributed by atoms with van der Waals surface area (Å²) in [4.78, 5) is 49.5. The average molecular weight is 751 g/mol. The zero-order valence-corrected chi connectivity index (χ0v) is 35.0. The van der Waals surface area contributed by atoms with Crippen LogP contribution in [-0.4, -0.2) is 73.6 Å². The van der Waals surface area contributed by atoms with Crippen molar-refractivity contribution in [2.45, 2.75) is 194 Å². The van der Waals surface area contributed by atoms with Gasteiger partial charge in [-0.3, -0.25) is 0 Å². The molecule has 0 atom stereocenters. The van der Waals surface area contributed by atoms with Crippen LogP contribution in [0.5, 0.6) is 0 Å². The molecule has 1 N–H and O–H groups in total. The van der Waals surface area contributed by atoms with Crippen molar-refractivity contribution in [3.8, 4) is 0 Å². The van der Waals surface area contributed by atoms with Gasteiger partial charge in [0.1, 0.15) is 11.2 Å². The molecule has 0 spiro atoms. The highest BCUT2D eigenvalue weighted by Gasteiger charge is 2.28. The van der Waals surface area contributed by atoms with E-state index in [1.807, 2.05) is 20.8 Å². The summed E-state index contributed by atoms with van der Waals surface area (Å²) < 4.78 is 21.8. The van der Waals surface area contributed by atoms with Gasteiger partial charge in [0.05, 0.1) is 13.2 Å². The summed E-state index contributed by atoms with van der Waals surface area (Å²) in [7, 11) is 1.76. The molecule has 10 nitrogen and oxygen atoms in total. The van der Waals surface area contributed by atoms with Gasteiger partial charge >= 0.3 is 24.1 Å². The Morgan fingerprint density at radius 3 is 1.34 bits per heavy atom. The smallest absolute Gasteiger partial charge is 0.410 e. The molecule has 53 heavy (non-hydrogen) atoms. The van der Waals surface area contributed by atoms with Crippen LogP contribution in [0, 0.1) is 0 Å². The molecule has 0 fully saturated rings. The number of hydrogen-bond acceptors (Lipinski definition) is 8. The monoisotopic (exact) mass is 751 g/mol. The maximum Gasteiger partial charge on any atom is 0.410 e. The molecule has 0 rings (SSSR count). The predicted octanol–water partition coefficient (Wildman–Crippen LogP) is 11.2. The fourth-order valence-electron chi connectivity index (χ4n) is 5.84. The third-order valence-electron chi connectivity index (χ3n) is 9.10. The van der Waals surface area contributed by atoms with Crippen LogP contribution in [0.15, 0.2) is 24.3 Å². The number of rotatable bonds is 32. The zero-order chi connectivity index (χ0) is 40.0. The van der Waals surface area contributed by atoms with Gasteiger partial charge in [0.15, 0.2) is 0 Å². The summed E-state index contributed by atoms with van der Waals surface area (Å²) in [6.45, 7) is 20.4. The maximum atomic E-state index is 12.9. The molecule has 0 aliphatic carbocycles. The van der Waals surface area contributed by atoms with Crippen molar-refractivity contribution >= 4 is 24.1 Å². The second-order valence-corrected chi connectivity index (χ2v) is 16.1. The molecular formula is C43H78N2O8. The number of nitrogens with zero attached hydrogens (tertiary/aromatic N) is 1. The molecule has 0 saturated carbocycles. The first kappa shape index (κ1) is 50.0. The standard InChI is InChI=1S/C43H78N2O8/c1-36(2)38(46)50-34-28-22-16-12-10-14-18-24-30-43(8,31-25-19-15-11-13-17-23-29-35-51-39(47)37(3)4)52-40(48)44-32-26-20-21-27-33-45(9)41(49)53-42(5,6)7/h1,3,10-35H2,2,4-9H3,(H,44,48). The van der Waals surface area contributed by atoms with Gasteiger partial charge in [-0.1, -0.05) is 103 Å². The van der Waals surface area contributed by atoms with E-state index in [0.29, 0.717) is 37.4 Å². The van der Waals surface area contributed by atoms with E-state index in [4.69, 9.17) is 18.9 Å². The fraction of sp³-hybridized carbons (Fsp3) is 0.814. The number of unbranched alkanes of at least 4 members (excludes halogenated alkanes) is 17. The Kier molecular flexibility index (Phi) is 28.6. The van der Waals surface area contributed by atoms with Crippen molar-refractivity contribution in [2.24, 2.45) is 0 Å². The van der Waals surface area contributed by atoms with Gasteiger partial charge in [-0.2, -0.15) is 0 Å². The summed E-state index contributed by atoms with van der Waals surface area (Å²) in [6.07, 6.45) is 22.3. The number of carbonyl (C=O) groups excluding carboxylic acids is 4. The van der Waals surface area contributed by atoms with Gasteiger partial charge in [0, 0.05) is 31.3 Å². The van der Waals surface area contributed by atoms with E-state index in [2.05, 4.69) is 25.4 Å². The minimum atomic E-state index is -0.499. The Morgan fingerprint density at radius 2 is 0.925 bits per heavy atom. The van der Waals surface area contributed by atoms with E-state index in [-0.39, 0.29) is 24.1 Å². The van der Waals surface area contributed by atoms with Crippen LogP contribution in [-0.2, 0) is 28.5 Å². The van der Waals surface area contributed by atoms with Crippen LogP contribution in [0.25, 0.3) is 0 Å². The Morgan fingerprint density at radius 1 is 0.547 bits per heavy atom. The van der Waals surface area contributed by atoms with Crippen LogP contribution < -0.4 is 5.32 Å². The molecule has 0 bridgehead atoms. The molecule has 0 aromatic heterocycles. The number of esters is 2. The fourth-order valence-corrected chi connectivity index (χ4v) is 5.84. The van der Waals surface area contributed by atoms with E-state index in [9.17, 15) is 19.2 Å². The van der Waals surface area contributed by atoms with Crippen molar-refractivity contribution < 1.29 is 38.1 Å². The number of carbonyl (C=O) groups is 4. The average Bonchev–Trinajstić information content (AvgIpc) is 3.07. The number of alkyl carbamates (subject to hydrolysis) is 1. The molecule has 2 amide bonds. The second-order valence-electron chi connectivity index (χ2n) is 16.1. The Bertz CT molecular complexity index is 1000. The van der Waals surface area contributed by atoms with Crippen molar-refractivity contribution in [3.05, 3.63) is 24.3 Å². The van der Waals surface area contributed by atoms with E-state index in [1.54, 1.807) is 25.8 Å². The van der Waals surface area contributed by atoms with E-state index in [0.717, 1.165) is 116 Å². The van der Waals surface area contributed by atoms with Crippen LogP contribution in [0.1, 0.15) is 183 Å². The lowest BCUT2D eigenvalue weighted by Crippen LogP contribution is -2.37. The quantitative estimate of drug-likeness (QED) is 0.0312. The normalized spacial score (nSPS) is 11.5. The Balaban J connectivity index is 4.46. The second kappa shape index (κ2) is 30.3. The minimum absolute atomic E-state index is 0.301. The summed E-state index contributed by atoms with van der Waals surface area (Å²) in [5, 5.41) is 2.97. The molecule has 0 aliphatic heterocycles. The molecule has 10 heteroatoms. The van der Waals surface area contributed by atoms with E-state index < -0.39 is 11.2 Å². The molecule has 0 aromatic rings. The lowest BCUT2D eigenvalue weighted by atomic mass is 9.91. The lowest BCUT2D eigenvalue weighted by molar-refractivity contribution is -0.139. The van der Waals surface area contributed by atoms with Crippen molar-refractivity contribution in [3.63, 3.8) is 0 Å². The predicted molar refractivity (Wildman–Crippen MR) is 215 cm³/mol. The highest BCUT2D eigenvalue weighted by Crippen LogP contribution is 2.27. The number of hydrogen-bond donors (Lipinski definition) is 1. The minimum Gasteiger partial charge on any atom is -0.462 e. The number of nitrogens with one attached hydrogen (secondary N) is 1. The van der Waals surface area contributed by atoms with Crippen LogP contribution >= 0.6 is 0 Å². The van der Waals surface area contributed by atoms with Crippen LogP contribution in [0.3, 0.4) is 0 Å². The lowest BCUT2D eigenvalue weighted by Gasteiger charge is -2.30. The molecule has 0 aliphatic rings. The van der Waals surface area contributed by atoms with Gasteiger partial charge in [-0.05, 0) is 92.9 Å². The maximum absolute atomic E-state index is 12.9. The van der Waals surface area contributed by atoms with Crippen molar-refractivity contribution in [1.82, 2.24) is 10.2 Å². The molecular weight excluding hydrogens is 672 g/mol. The summed E-state index contributed by atoms with van der Waals surface area (Å²) in [5.74, 6) is -0.618. The first-order valence-corrected chi connectivity index (χ1v) is 20.6.